The van der Waals surface area contributed by atoms with Crippen LogP contribution in [-0.4, -0.2) is 25.2 Å². The number of aryl methyl sites for hydroxylation is 1. The number of aromatic nitrogens is 4. The Bertz CT molecular complexity index is 1090. The van der Waals surface area contributed by atoms with E-state index in [1.807, 2.05) is 49.7 Å². The second kappa shape index (κ2) is 7.45. The molecule has 0 aliphatic heterocycles. The molecule has 1 amide bonds. The van der Waals surface area contributed by atoms with Gasteiger partial charge in [0.05, 0.1) is 17.9 Å². The molecule has 8 nitrogen and oxygen atoms in total. The number of H-pyrrole nitrogens is 1. The van der Waals surface area contributed by atoms with E-state index >= 15 is 0 Å². The van der Waals surface area contributed by atoms with Crippen LogP contribution in [0.2, 0.25) is 0 Å². The van der Waals surface area contributed by atoms with Crippen LogP contribution in [-0.2, 0) is 11.3 Å². The largest absolute Gasteiger partial charge is 0.348 e. The molecular formula is C19H21N5O3. The fourth-order valence-electron chi connectivity index (χ4n) is 2.98. The maximum Gasteiger partial charge on any atom is 0.328 e. The Labute approximate surface area is 155 Å². The molecule has 27 heavy (non-hydrogen) atoms. The van der Waals surface area contributed by atoms with Gasteiger partial charge in [0, 0.05) is 23.5 Å². The van der Waals surface area contributed by atoms with E-state index in [2.05, 4.69) is 15.4 Å². The van der Waals surface area contributed by atoms with Crippen molar-refractivity contribution in [2.75, 3.05) is 0 Å². The van der Waals surface area contributed by atoms with Gasteiger partial charge in [-0.25, -0.2) is 9.48 Å². The highest BCUT2D eigenvalue weighted by Crippen LogP contribution is 2.21. The second-order valence-electron chi connectivity index (χ2n) is 6.41. The average Bonchev–Trinajstić information content (AvgIpc) is 2.99. The molecule has 0 unspecified atom stereocenters. The van der Waals surface area contributed by atoms with Crippen molar-refractivity contribution in [1.29, 1.82) is 0 Å². The van der Waals surface area contributed by atoms with Gasteiger partial charge in [0.15, 0.2) is 0 Å². The molecule has 0 spiro atoms. The number of amides is 1. The molecule has 1 atom stereocenters. The van der Waals surface area contributed by atoms with Gasteiger partial charge >= 0.3 is 5.69 Å². The number of rotatable bonds is 5. The molecule has 2 N–H and O–H groups in total. The molecule has 2 heterocycles. The molecule has 2 aromatic heterocycles. The van der Waals surface area contributed by atoms with Crippen LogP contribution < -0.4 is 16.6 Å². The number of benzene rings is 1. The molecule has 140 valence electrons. The Balaban J connectivity index is 1.76. The van der Waals surface area contributed by atoms with E-state index in [1.165, 1.54) is 12.3 Å². The Morgan fingerprint density at radius 1 is 1.22 bits per heavy atom. The molecule has 0 saturated carbocycles. The van der Waals surface area contributed by atoms with E-state index in [0.29, 0.717) is 0 Å². The number of aromatic amines is 1. The minimum atomic E-state index is -0.617. The molecule has 0 aliphatic rings. The average molecular weight is 367 g/mol. The van der Waals surface area contributed by atoms with Gasteiger partial charge in [-0.05, 0) is 32.4 Å². The van der Waals surface area contributed by atoms with E-state index in [9.17, 15) is 14.4 Å². The van der Waals surface area contributed by atoms with Crippen molar-refractivity contribution in [2.45, 2.75) is 33.4 Å². The lowest BCUT2D eigenvalue weighted by Gasteiger charge is -2.15. The van der Waals surface area contributed by atoms with Crippen LogP contribution in [0.5, 0.6) is 0 Å². The summed E-state index contributed by atoms with van der Waals surface area (Å²) in [7, 11) is 0. The van der Waals surface area contributed by atoms with Crippen molar-refractivity contribution >= 4 is 5.91 Å². The number of carbonyl (C=O) groups is 1. The summed E-state index contributed by atoms with van der Waals surface area (Å²) >= 11 is 0. The zero-order valence-electron chi connectivity index (χ0n) is 15.4. The van der Waals surface area contributed by atoms with Crippen molar-refractivity contribution in [2.24, 2.45) is 0 Å². The van der Waals surface area contributed by atoms with Gasteiger partial charge < -0.3 is 5.32 Å². The minimum absolute atomic E-state index is 0.176. The van der Waals surface area contributed by atoms with E-state index in [0.717, 1.165) is 27.1 Å². The quantitative estimate of drug-likeness (QED) is 0.708. The molecule has 0 bridgehead atoms. The number of carbonyl (C=O) groups excluding carboxylic acids is 1. The van der Waals surface area contributed by atoms with Crippen molar-refractivity contribution in [3.8, 4) is 5.69 Å². The van der Waals surface area contributed by atoms with Crippen LogP contribution in [0.1, 0.15) is 29.8 Å². The summed E-state index contributed by atoms with van der Waals surface area (Å²) in [5.74, 6) is -0.334. The van der Waals surface area contributed by atoms with Crippen LogP contribution in [0.25, 0.3) is 5.69 Å². The maximum absolute atomic E-state index is 12.3. The smallest absolute Gasteiger partial charge is 0.328 e. The maximum atomic E-state index is 12.3. The Morgan fingerprint density at radius 2 is 1.96 bits per heavy atom. The molecule has 0 fully saturated rings. The molecule has 0 radical (unpaired) electrons. The van der Waals surface area contributed by atoms with Crippen molar-refractivity contribution in [3.63, 3.8) is 0 Å². The topological polar surface area (TPSA) is 102 Å². The summed E-state index contributed by atoms with van der Waals surface area (Å²) in [6.45, 7) is 5.65. The van der Waals surface area contributed by atoms with Gasteiger partial charge in [0.2, 0.25) is 5.91 Å². The molecular weight excluding hydrogens is 346 g/mol. The lowest BCUT2D eigenvalue weighted by molar-refractivity contribution is -0.122. The molecule has 1 aromatic carbocycles. The standard InChI is InChI=1S/C19H21N5O3/c1-12-6-4-5-7-16(12)24-14(3)15(10-20-24)13(2)21-18(26)11-23-9-8-17(25)22-19(23)27/h4-10,13H,11H2,1-3H3,(H,21,26)(H,22,25,27)/t13-/m0/s1. The van der Waals surface area contributed by atoms with Gasteiger partial charge in [0.1, 0.15) is 6.54 Å². The molecule has 0 aliphatic carbocycles. The fourth-order valence-corrected chi connectivity index (χ4v) is 2.98. The summed E-state index contributed by atoms with van der Waals surface area (Å²) in [4.78, 5) is 37.2. The summed E-state index contributed by atoms with van der Waals surface area (Å²) in [6.07, 6.45) is 3.03. The summed E-state index contributed by atoms with van der Waals surface area (Å²) in [5, 5.41) is 7.32. The highest BCUT2D eigenvalue weighted by molar-refractivity contribution is 5.76. The lowest BCUT2D eigenvalue weighted by atomic mass is 10.1. The van der Waals surface area contributed by atoms with Crippen molar-refractivity contribution in [3.05, 3.63) is 80.4 Å². The predicted octanol–water partition coefficient (Wildman–Crippen LogP) is 1.22. The fraction of sp³-hybridized carbons (Fsp3) is 0.263. The number of nitrogens with one attached hydrogen (secondary N) is 2. The number of para-hydroxylation sites is 1. The van der Waals surface area contributed by atoms with Gasteiger partial charge in [-0.3, -0.25) is 19.1 Å². The molecule has 8 heteroatoms. The first-order chi connectivity index (χ1) is 12.9. The highest BCUT2D eigenvalue weighted by atomic mass is 16.2. The highest BCUT2D eigenvalue weighted by Gasteiger charge is 2.17. The summed E-state index contributed by atoms with van der Waals surface area (Å²) in [6, 6.07) is 8.85. The van der Waals surface area contributed by atoms with Crippen LogP contribution in [0.4, 0.5) is 0 Å². The zero-order chi connectivity index (χ0) is 19.6. The normalized spacial score (nSPS) is 12.0. The van der Waals surface area contributed by atoms with Crippen LogP contribution in [0.3, 0.4) is 0 Å². The van der Waals surface area contributed by atoms with E-state index in [1.54, 1.807) is 6.20 Å². The first-order valence-electron chi connectivity index (χ1n) is 8.56. The van der Waals surface area contributed by atoms with Crippen LogP contribution >= 0.6 is 0 Å². The Hall–Kier alpha value is -3.42. The van der Waals surface area contributed by atoms with Gasteiger partial charge in [-0.2, -0.15) is 5.10 Å². The third kappa shape index (κ3) is 3.89. The minimum Gasteiger partial charge on any atom is -0.348 e. The summed E-state index contributed by atoms with van der Waals surface area (Å²) < 4.78 is 2.99. The summed E-state index contributed by atoms with van der Waals surface area (Å²) in [5.41, 5.74) is 2.79. The van der Waals surface area contributed by atoms with Gasteiger partial charge in [0.25, 0.3) is 5.56 Å². The molecule has 3 aromatic rings. The third-order valence-electron chi connectivity index (χ3n) is 4.45. The van der Waals surface area contributed by atoms with E-state index in [4.69, 9.17) is 0 Å². The number of hydrogen-bond acceptors (Lipinski definition) is 4. The van der Waals surface area contributed by atoms with Crippen LogP contribution in [0.15, 0.2) is 52.3 Å². The Morgan fingerprint density at radius 3 is 2.67 bits per heavy atom. The van der Waals surface area contributed by atoms with E-state index < -0.39 is 11.2 Å². The second-order valence-corrected chi connectivity index (χ2v) is 6.41. The van der Waals surface area contributed by atoms with Gasteiger partial charge in [-0.15, -0.1) is 0 Å². The van der Waals surface area contributed by atoms with E-state index in [-0.39, 0.29) is 18.5 Å². The number of hydrogen-bond donors (Lipinski definition) is 2. The third-order valence-corrected chi connectivity index (χ3v) is 4.45. The lowest BCUT2D eigenvalue weighted by Crippen LogP contribution is -2.36. The monoisotopic (exact) mass is 367 g/mol. The zero-order valence-corrected chi connectivity index (χ0v) is 15.4. The number of nitrogens with zero attached hydrogens (tertiary/aromatic N) is 3. The first kappa shape index (κ1) is 18.4. The molecule has 3 rings (SSSR count). The van der Waals surface area contributed by atoms with Crippen molar-refractivity contribution in [1.82, 2.24) is 24.6 Å². The van der Waals surface area contributed by atoms with Crippen molar-refractivity contribution < 1.29 is 4.79 Å². The SMILES string of the molecule is Cc1ccccc1-n1ncc([C@H](C)NC(=O)Cn2ccc(=O)[nH]c2=O)c1C. The Kier molecular flexibility index (Phi) is 5.07. The van der Waals surface area contributed by atoms with Crippen LogP contribution in [0, 0.1) is 13.8 Å². The predicted molar refractivity (Wildman–Crippen MR) is 101 cm³/mol. The molecule has 0 saturated heterocycles. The first-order valence-corrected chi connectivity index (χ1v) is 8.56. The van der Waals surface area contributed by atoms with Gasteiger partial charge in [-0.1, -0.05) is 18.2 Å².